The van der Waals surface area contributed by atoms with Gasteiger partial charge in [-0.15, -0.1) is 0 Å². The van der Waals surface area contributed by atoms with Gasteiger partial charge in [0.15, 0.2) is 0 Å². The standard InChI is InChI=1S/C17H20ClN3O2/c1-11(2)17(22)21-8-4-6-13(10-21)16-19-15(20-23-16)12-5-3-7-14(18)9-12/h3,5,7,9,11,13H,4,6,8,10H2,1-2H3. The van der Waals surface area contributed by atoms with Crippen molar-refractivity contribution in [1.82, 2.24) is 15.0 Å². The molecule has 0 aliphatic carbocycles. The smallest absolute Gasteiger partial charge is 0.231 e. The second-order valence-electron chi connectivity index (χ2n) is 6.24. The van der Waals surface area contributed by atoms with Crippen molar-refractivity contribution in [1.29, 1.82) is 0 Å². The number of amides is 1. The van der Waals surface area contributed by atoms with Crippen LogP contribution in [-0.2, 0) is 4.79 Å². The minimum absolute atomic E-state index is 0.0125. The van der Waals surface area contributed by atoms with E-state index in [1.54, 1.807) is 0 Å². The summed E-state index contributed by atoms with van der Waals surface area (Å²) < 4.78 is 5.44. The zero-order valence-electron chi connectivity index (χ0n) is 13.3. The SMILES string of the molecule is CC(C)C(=O)N1CCCC(c2nc(-c3cccc(Cl)c3)no2)C1. The Hall–Kier alpha value is -1.88. The number of aromatic nitrogens is 2. The summed E-state index contributed by atoms with van der Waals surface area (Å²) in [4.78, 5) is 18.6. The van der Waals surface area contributed by atoms with Gasteiger partial charge >= 0.3 is 0 Å². The van der Waals surface area contributed by atoms with Crippen LogP contribution in [0.2, 0.25) is 5.02 Å². The number of hydrogen-bond acceptors (Lipinski definition) is 4. The minimum atomic E-state index is 0.0125. The van der Waals surface area contributed by atoms with Crippen LogP contribution in [0.3, 0.4) is 0 Å². The lowest BCUT2D eigenvalue weighted by atomic mass is 9.97. The number of carbonyl (C=O) groups is 1. The van der Waals surface area contributed by atoms with Crippen LogP contribution in [-0.4, -0.2) is 34.0 Å². The van der Waals surface area contributed by atoms with Crippen molar-refractivity contribution in [3.05, 3.63) is 35.2 Å². The molecule has 0 saturated carbocycles. The number of rotatable bonds is 3. The Morgan fingerprint density at radius 2 is 2.26 bits per heavy atom. The van der Waals surface area contributed by atoms with E-state index in [-0.39, 0.29) is 17.7 Å². The molecule has 1 amide bonds. The van der Waals surface area contributed by atoms with Gasteiger partial charge < -0.3 is 9.42 Å². The molecule has 2 aromatic rings. The number of halogens is 1. The lowest BCUT2D eigenvalue weighted by Crippen LogP contribution is -2.41. The molecule has 0 bridgehead atoms. The molecule has 0 spiro atoms. The second-order valence-corrected chi connectivity index (χ2v) is 6.68. The largest absolute Gasteiger partial charge is 0.342 e. The van der Waals surface area contributed by atoms with Gasteiger partial charge in [0.25, 0.3) is 0 Å². The van der Waals surface area contributed by atoms with E-state index in [0.717, 1.165) is 24.9 Å². The van der Waals surface area contributed by atoms with E-state index >= 15 is 0 Å². The highest BCUT2D eigenvalue weighted by atomic mass is 35.5. The minimum Gasteiger partial charge on any atom is -0.342 e. The lowest BCUT2D eigenvalue weighted by molar-refractivity contribution is -0.135. The maximum atomic E-state index is 12.2. The van der Waals surface area contributed by atoms with Crippen molar-refractivity contribution >= 4 is 17.5 Å². The first-order valence-electron chi connectivity index (χ1n) is 7.93. The average Bonchev–Trinajstić information content (AvgIpc) is 3.04. The molecule has 1 saturated heterocycles. The van der Waals surface area contributed by atoms with Gasteiger partial charge in [-0.25, -0.2) is 0 Å². The van der Waals surface area contributed by atoms with Crippen LogP contribution in [0, 0.1) is 5.92 Å². The predicted molar refractivity (Wildman–Crippen MR) is 88.1 cm³/mol. The molecule has 6 heteroatoms. The Kier molecular flexibility index (Phi) is 4.66. The molecule has 1 aromatic carbocycles. The molecule has 2 heterocycles. The molecule has 3 rings (SSSR count). The molecule has 0 N–H and O–H groups in total. The van der Waals surface area contributed by atoms with Crippen molar-refractivity contribution in [2.45, 2.75) is 32.6 Å². The van der Waals surface area contributed by atoms with Crippen LogP contribution in [0.4, 0.5) is 0 Å². The van der Waals surface area contributed by atoms with Gasteiger partial charge in [0, 0.05) is 29.6 Å². The molecule has 5 nitrogen and oxygen atoms in total. The molecule has 1 fully saturated rings. The number of nitrogens with zero attached hydrogens (tertiary/aromatic N) is 3. The maximum absolute atomic E-state index is 12.2. The monoisotopic (exact) mass is 333 g/mol. The van der Waals surface area contributed by atoms with Gasteiger partial charge in [-0.3, -0.25) is 4.79 Å². The van der Waals surface area contributed by atoms with Crippen molar-refractivity contribution in [3.63, 3.8) is 0 Å². The van der Waals surface area contributed by atoms with Crippen LogP contribution in [0.25, 0.3) is 11.4 Å². The molecule has 1 unspecified atom stereocenters. The maximum Gasteiger partial charge on any atom is 0.231 e. The van der Waals surface area contributed by atoms with Crippen LogP contribution < -0.4 is 0 Å². The fourth-order valence-corrected chi connectivity index (χ4v) is 3.08. The summed E-state index contributed by atoms with van der Waals surface area (Å²) >= 11 is 6.00. The highest BCUT2D eigenvalue weighted by Gasteiger charge is 2.29. The Morgan fingerprint density at radius 1 is 1.43 bits per heavy atom. The first-order chi connectivity index (χ1) is 11.0. The molecule has 23 heavy (non-hydrogen) atoms. The topological polar surface area (TPSA) is 59.2 Å². The number of hydrogen-bond donors (Lipinski definition) is 0. The fourth-order valence-electron chi connectivity index (χ4n) is 2.89. The molecule has 1 aromatic heterocycles. The van der Waals surface area contributed by atoms with Crippen LogP contribution in [0.5, 0.6) is 0 Å². The third-order valence-corrected chi connectivity index (χ3v) is 4.34. The average molecular weight is 334 g/mol. The van der Waals surface area contributed by atoms with Crippen LogP contribution >= 0.6 is 11.6 Å². The molecule has 1 atom stereocenters. The van der Waals surface area contributed by atoms with E-state index in [4.69, 9.17) is 16.1 Å². The lowest BCUT2D eigenvalue weighted by Gasteiger charge is -2.32. The Labute approximate surface area is 140 Å². The van der Waals surface area contributed by atoms with Crippen molar-refractivity contribution in [3.8, 4) is 11.4 Å². The van der Waals surface area contributed by atoms with E-state index in [2.05, 4.69) is 10.1 Å². The third kappa shape index (κ3) is 3.55. The molecule has 122 valence electrons. The molecule has 1 aliphatic heterocycles. The zero-order valence-corrected chi connectivity index (χ0v) is 14.1. The van der Waals surface area contributed by atoms with E-state index in [9.17, 15) is 4.79 Å². The molecule has 0 radical (unpaired) electrons. The number of likely N-dealkylation sites (tertiary alicyclic amines) is 1. The van der Waals surface area contributed by atoms with Gasteiger partial charge in [0.2, 0.25) is 17.6 Å². The summed E-state index contributed by atoms with van der Waals surface area (Å²) in [6, 6.07) is 7.38. The normalized spacial score (nSPS) is 18.4. The first-order valence-corrected chi connectivity index (χ1v) is 8.30. The number of carbonyl (C=O) groups excluding carboxylic acids is 1. The van der Waals surface area contributed by atoms with Crippen LogP contribution in [0.1, 0.15) is 38.5 Å². The highest BCUT2D eigenvalue weighted by Crippen LogP contribution is 2.28. The summed E-state index contributed by atoms with van der Waals surface area (Å²) in [6.07, 6.45) is 1.91. The number of piperidine rings is 1. The fraction of sp³-hybridized carbons (Fsp3) is 0.471. The second kappa shape index (κ2) is 6.71. The van der Waals surface area contributed by atoms with Gasteiger partial charge in [-0.2, -0.15) is 4.98 Å². The van der Waals surface area contributed by atoms with Crippen molar-refractivity contribution in [2.24, 2.45) is 5.92 Å². The summed E-state index contributed by atoms with van der Waals surface area (Å²) in [5.41, 5.74) is 0.832. The molecular formula is C17H20ClN3O2. The van der Waals surface area contributed by atoms with E-state index in [0.29, 0.717) is 23.3 Å². The molecule has 1 aliphatic rings. The van der Waals surface area contributed by atoms with Crippen LogP contribution in [0.15, 0.2) is 28.8 Å². The third-order valence-electron chi connectivity index (χ3n) is 4.10. The van der Waals surface area contributed by atoms with E-state index in [1.165, 1.54) is 0 Å². The van der Waals surface area contributed by atoms with E-state index < -0.39 is 0 Å². The van der Waals surface area contributed by atoms with Gasteiger partial charge in [-0.1, -0.05) is 42.7 Å². The Bertz CT molecular complexity index is 699. The summed E-state index contributed by atoms with van der Waals surface area (Å²) in [5, 5.41) is 4.70. The van der Waals surface area contributed by atoms with Gasteiger partial charge in [-0.05, 0) is 25.0 Å². The first kappa shape index (κ1) is 16.0. The summed E-state index contributed by atoms with van der Waals surface area (Å²) in [5.74, 6) is 1.44. The summed E-state index contributed by atoms with van der Waals surface area (Å²) in [7, 11) is 0. The predicted octanol–water partition coefficient (Wildman–Crippen LogP) is 3.75. The highest BCUT2D eigenvalue weighted by molar-refractivity contribution is 6.30. The van der Waals surface area contributed by atoms with Crippen molar-refractivity contribution < 1.29 is 9.32 Å². The van der Waals surface area contributed by atoms with Gasteiger partial charge in [0.1, 0.15) is 0 Å². The number of benzene rings is 1. The Balaban J connectivity index is 1.76. The van der Waals surface area contributed by atoms with E-state index in [1.807, 2.05) is 43.0 Å². The van der Waals surface area contributed by atoms with Gasteiger partial charge in [0.05, 0.1) is 5.92 Å². The van der Waals surface area contributed by atoms with Crippen molar-refractivity contribution in [2.75, 3.05) is 13.1 Å². The quantitative estimate of drug-likeness (QED) is 0.858. The summed E-state index contributed by atoms with van der Waals surface area (Å²) in [6.45, 7) is 5.31. The zero-order chi connectivity index (χ0) is 16.4. The molecular weight excluding hydrogens is 314 g/mol. The Morgan fingerprint density at radius 3 is 3.00 bits per heavy atom.